The fourth-order valence-corrected chi connectivity index (χ4v) is 1.28. The van der Waals surface area contributed by atoms with Crippen molar-refractivity contribution in [2.45, 2.75) is 0 Å². The first-order chi connectivity index (χ1) is 9.24. The average molecular weight is 270 g/mol. The normalized spacial score (nSPS) is 14.7. The molecule has 0 amide bonds. The molecular formula is C13H18O6. The second-order valence-corrected chi connectivity index (χ2v) is 3.67. The van der Waals surface area contributed by atoms with Crippen LogP contribution in [0, 0.1) is 0 Å². The Morgan fingerprint density at radius 1 is 0.895 bits per heavy atom. The molecule has 0 spiro atoms. The van der Waals surface area contributed by atoms with Crippen LogP contribution in [0.1, 0.15) is 0 Å². The number of allylic oxidation sites excluding steroid dienone is 3. The lowest BCUT2D eigenvalue weighted by molar-refractivity contribution is -0.117. The summed E-state index contributed by atoms with van der Waals surface area (Å²) in [5.41, 5.74) is 0. The van der Waals surface area contributed by atoms with Crippen molar-refractivity contribution in [1.82, 2.24) is 0 Å². The molecule has 0 bridgehead atoms. The van der Waals surface area contributed by atoms with Gasteiger partial charge in [0.1, 0.15) is 6.61 Å². The Hall–Kier alpha value is -1.50. The van der Waals surface area contributed by atoms with E-state index in [9.17, 15) is 9.59 Å². The number of rotatable bonds is 10. The number of ether oxygens (including phenoxy) is 4. The molecular weight excluding hydrogens is 252 g/mol. The second kappa shape index (κ2) is 9.43. The van der Waals surface area contributed by atoms with Crippen LogP contribution in [-0.4, -0.2) is 58.3 Å². The van der Waals surface area contributed by atoms with Crippen LogP contribution in [-0.2, 0) is 28.5 Å². The molecule has 0 aliphatic heterocycles. The highest BCUT2D eigenvalue weighted by Crippen LogP contribution is 2.06. The molecule has 19 heavy (non-hydrogen) atoms. The first-order valence-corrected chi connectivity index (χ1v) is 5.99. The maximum atomic E-state index is 11.3. The van der Waals surface area contributed by atoms with Crippen LogP contribution in [0.4, 0.5) is 0 Å². The molecule has 0 fully saturated rings. The first kappa shape index (κ1) is 15.6. The Kier molecular flexibility index (Phi) is 7.72. The predicted octanol–water partition coefficient (Wildman–Crippen LogP) is 0.274. The molecule has 1 aliphatic rings. The van der Waals surface area contributed by atoms with E-state index in [1.807, 2.05) is 0 Å². The molecule has 6 nitrogen and oxygen atoms in total. The van der Waals surface area contributed by atoms with Crippen LogP contribution < -0.4 is 0 Å². The van der Waals surface area contributed by atoms with E-state index >= 15 is 0 Å². The molecule has 0 radical (unpaired) electrons. The molecule has 106 valence electrons. The molecule has 0 saturated heterocycles. The molecule has 1 aliphatic carbocycles. The number of hydrogen-bond donors (Lipinski definition) is 0. The third-order valence-electron chi connectivity index (χ3n) is 2.20. The minimum atomic E-state index is -0.303. The molecule has 1 rings (SSSR count). The van der Waals surface area contributed by atoms with Gasteiger partial charge in [0.2, 0.25) is 5.78 Å². The van der Waals surface area contributed by atoms with Crippen molar-refractivity contribution in [3.63, 3.8) is 0 Å². The summed E-state index contributed by atoms with van der Waals surface area (Å²) in [5.74, 6) is -0.489. The van der Waals surface area contributed by atoms with Crippen LogP contribution in [0.3, 0.4) is 0 Å². The molecule has 0 atom stereocenters. The lowest BCUT2D eigenvalue weighted by Crippen LogP contribution is -2.15. The van der Waals surface area contributed by atoms with Gasteiger partial charge in [-0.25, -0.2) is 0 Å². The topological polar surface area (TPSA) is 71.1 Å². The summed E-state index contributed by atoms with van der Waals surface area (Å²) in [4.78, 5) is 22.3. The number of methoxy groups -OCH3 is 1. The van der Waals surface area contributed by atoms with Crippen molar-refractivity contribution in [1.29, 1.82) is 0 Å². The Morgan fingerprint density at radius 3 is 2.21 bits per heavy atom. The smallest absolute Gasteiger partial charge is 0.220 e. The zero-order valence-electron chi connectivity index (χ0n) is 10.9. The lowest BCUT2D eigenvalue weighted by atomic mass is 10.1. The van der Waals surface area contributed by atoms with Gasteiger partial charge >= 0.3 is 0 Å². The number of carbonyl (C=O) groups excluding carboxylic acids is 2. The van der Waals surface area contributed by atoms with Gasteiger partial charge in [-0.15, -0.1) is 0 Å². The number of hydrogen-bond acceptors (Lipinski definition) is 6. The maximum Gasteiger partial charge on any atom is 0.220 e. The molecule has 0 unspecified atom stereocenters. The van der Waals surface area contributed by atoms with Gasteiger partial charge in [-0.2, -0.15) is 0 Å². The number of ketones is 2. The van der Waals surface area contributed by atoms with Gasteiger partial charge in [0.05, 0.1) is 33.0 Å². The minimum absolute atomic E-state index is 0.0624. The summed E-state index contributed by atoms with van der Waals surface area (Å²) in [5, 5.41) is 0. The second-order valence-electron chi connectivity index (χ2n) is 3.67. The summed E-state index contributed by atoms with van der Waals surface area (Å²) in [7, 11) is 1.61. The highest BCUT2D eigenvalue weighted by atomic mass is 16.6. The van der Waals surface area contributed by atoms with Crippen LogP contribution in [0.25, 0.3) is 0 Å². The fourth-order valence-electron chi connectivity index (χ4n) is 1.28. The van der Waals surface area contributed by atoms with Gasteiger partial charge in [-0.3, -0.25) is 9.59 Å². The van der Waals surface area contributed by atoms with Crippen molar-refractivity contribution < 1.29 is 28.5 Å². The molecule has 0 aromatic heterocycles. The maximum absolute atomic E-state index is 11.3. The van der Waals surface area contributed by atoms with E-state index in [1.54, 1.807) is 7.11 Å². The van der Waals surface area contributed by atoms with E-state index in [4.69, 9.17) is 18.9 Å². The van der Waals surface area contributed by atoms with Gasteiger partial charge in [-0.05, 0) is 12.2 Å². The quantitative estimate of drug-likeness (QED) is 0.419. The summed E-state index contributed by atoms with van der Waals surface area (Å²) in [6.07, 6.45) is 3.58. The van der Waals surface area contributed by atoms with Gasteiger partial charge < -0.3 is 18.9 Å². The highest BCUT2D eigenvalue weighted by molar-refractivity contribution is 6.16. The number of carbonyl (C=O) groups is 2. The zero-order valence-corrected chi connectivity index (χ0v) is 10.9. The Labute approximate surface area is 112 Å². The molecule has 6 heteroatoms. The Morgan fingerprint density at radius 2 is 1.53 bits per heavy atom. The highest BCUT2D eigenvalue weighted by Gasteiger charge is 2.13. The van der Waals surface area contributed by atoms with E-state index in [-0.39, 0.29) is 23.9 Å². The fraction of sp³-hybridized carbons (Fsp3) is 0.538. The van der Waals surface area contributed by atoms with E-state index in [0.29, 0.717) is 33.0 Å². The van der Waals surface area contributed by atoms with Crippen molar-refractivity contribution in [3.05, 3.63) is 24.0 Å². The van der Waals surface area contributed by atoms with E-state index in [2.05, 4.69) is 0 Å². The Balaban J connectivity index is 1.99. The standard InChI is InChI=1S/C13H18O6/c1-16-4-5-17-6-7-18-8-9-19-13-10-11(14)2-3-12(13)15/h2-3,10H,4-9H2,1H3. The average Bonchev–Trinajstić information content (AvgIpc) is 2.40. The van der Waals surface area contributed by atoms with E-state index in [1.165, 1.54) is 18.2 Å². The van der Waals surface area contributed by atoms with E-state index < -0.39 is 0 Å². The van der Waals surface area contributed by atoms with Crippen LogP contribution in [0.15, 0.2) is 24.0 Å². The first-order valence-electron chi connectivity index (χ1n) is 5.99. The third-order valence-corrected chi connectivity index (χ3v) is 2.20. The van der Waals surface area contributed by atoms with Gasteiger partial charge in [0.15, 0.2) is 11.5 Å². The summed E-state index contributed by atoms with van der Waals surface area (Å²) < 4.78 is 20.4. The van der Waals surface area contributed by atoms with Crippen molar-refractivity contribution in [2.24, 2.45) is 0 Å². The summed E-state index contributed by atoms with van der Waals surface area (Å²) in [6.45, 7) is 2.56. The molecule has 0 N–H and O–H groups in total. The third kappa shape index (κ3) is 6.85. The van der Waals surface area contributed by atoms with Crippen molar-refractivity contribution >= 4 is 11.6 Å². The minimum Gasteiger partial charge on any atom is -0.487 e. The lowest BCUT2D eigenvalue weighted by Gasteiger charge is -2.10. The Bertz CT molecular complexity index is 358. The van der Waals surface area contributed by atoms with Crippen LogP contribution >= 0.6 is 0 Å². The van der Waals surface area contributed by atoms with Gasteiger partial charge in [-0.1, -0.05) is 0 Å². The van der Waals surface area contributed by atoms with E-state index in [0.717, 1.165) is 0 Å². The zero-order chi connectivity index (χ0) is 13.9. The van der Waals surface area contributed by atoms with Crippen LogP contribution in [0.2, 0.25) is 0 Å². The monoisotopic (exact) mass is 270 g/mol. The van der Waals surface area contributed by atoms with Gasteiger partial charge in [0.25, 0.3) is 0 Å². The van der Waals surface area contributed by atoms with Crippen molar-refractivity contribution in [3.8, 4) is 0 Å². The SMILES string of the molecule is COCCOCCOCCOC1=CC(=O)C=CC1=O. The largest absolute Gasteiger partial charge is 0.487 e. The van der Waals surface area contributed by atoms with Crippen LogP contribution in [0.5, 0.6) is 0 Å². The molecule has 0 heterocycles. The molecule has 0 aromatic rings. The summed E-state index contributed by atoms with van der Waals surface area (Å²) >= 11 is 0. The predicted molar refractivity (Wildman–Crippen MR) is 66.7 cm³/mol. The van der Waals surface area contributed by atoms with Crippen molar-refractivity contribution in [2.75, 3.05) is 46.8 Å². The molecule has 0 saturated carbocycles. The summed E-state index contributed by atoms with van der Waals surface area (Å²) in [6, 6.07) is 0. The molecule has 0 aromatic carbocycles. The van der Waals surface area contributed by atoms with Gasteiger partial charge in [0, 0.05) is 13.2 Å².